The van der Waals surface area contributed by atoms with Gasteiger partial charge in [-0.25, -0.2) is 0 Å². The lowest BCUT2D eigenvalue weighted by molar-refractivity contribution is -0.385. The number of nitro benzene ring substituents is 1. The second-order valence-electron chi connectivity index (χ2n) is 5.43. The minimum Gasteiger partial charge on any atom is -0.497 e. The summed E-state index contributed by atoms with van der Waals surface area (Å²) in [5.41, 5.74) is 2.23. The highest BCUT2D eigenvalue weighted by Gasteiger charge is 2.13. The fourth-order valence-electron chi connectivity index (χ4n) is 2.33. The maximum Gasteiger partial charge on any atom is 0.274 e. The summed E-state index contributed by atoms with van der Waals surface area (Å²) in [7, 11) is 1.60. The van der Waals surface area contributed by atoms with Crippen LogP contribution >= 0.6 is 0 Å². The number of nitro groups is 1. The molecule has 132 valence electrons. The monoisotopic (exact) mass is 343 g/mol. The van der Waals surface area contributed by atoms with Gasteiger partial charge < -0.3 is 15.4 Å². The summed E-state index contributed by atoms with van der Waals surface area (Å²) in [4.78, 5) is 22.6. The summed E-state index contributed by atoms with van der Waals surface area (Å²) in [6.07, 6.45) is 0.582. The number of nitrogens with zero attached hydrogens (tertiary/aromatic N) is 1. The number of methoxy groups -OCH3 is 1. The number of hydrogen-bond acceptors (Lipinski definition) is 5. The molecular weight excluding hydrogens is 322 g/mol. The van der Waals surface area contributed by atoms with Gasteiger partial charge in [-0.05, 0) is 30.2 Å². The molecule has 0 radical (unpaired) electrons. The molecule has 2 aromatic rings. The molecule has 0 saturated heterocycles. The van der Waals surface area contributed by atoms with Crippen LogP contribution in [0.4, 0.5) is 11.4 Å². The Balaban J connectivity index is 1.87. The molecule has 1 amide bonds. The Morgan fingerprint density at radius 1 is 1.20 bits per heavy atom. The van der Waals surface area contributed by atoms with Gasteiger partial charge in [0.25, 0.3) is 5.69 Å². The third-order valence-electron chi connectivity index (χ3n) is 3.76. The number of benzene rings is 2. The number of rotatable bonds is 8. The quantitative estimate of drug-likeness (QED) is 0.568. The molecule has 0 aromatic heterocycles. The van der Waals surface area contributed by atoms with Gasteiger partial charge >= 0.3 is 0 Å². The summed E-state index contributed by atoms with van der Waals surface area (Å²) in [5, 5.41) is 16.8. The highest BCUT2D eigenvalue weighted by molar-refractivity contribution is 5.80. The molecule has 0 aliphatic heterocycles. The molecule has 0 aliphatic rings. The van der Waals surface area contributed by atoms with Crippen LogP contribution in [0.5, 0.6) is 5.75 Å². The van der Waals surface area contributed by atoms with E-state index in [1.165, 1.54) is 6.07 Å². The van der Waals surface area contributed by atoms with E-state index in [1.807, 2.05) is 31.2 Å². The molecule has 2 N–H and O–H groups in total. The minimum absolute atomic E-state index is 0.0405. The van der Waals surface area contributed by atoms with Gasteiger partial charge in [0.05, 0.1) is 18.6 Å². The van der Waals surface area contributed by atoms with Gasteiger partial charge in [-0.15, -0.1) is 0 Å². The van der Waals surface area contributed by atoms with Gasteiger partial charge in [-0.2, -0.15) is 0 Å². The van der Waals surface area contributed by atoms with E-state index >= 15 is 0 Å². The maximum absolute atomic E-state index is 11.9. The third kappa shape index (κ3) is 5.20. The van der Waals surface area contributed by atoms with Crippen LogP contribution in [0.25, 0.3) is 0 Å². The Morgan fingerprint density at radius 3 is 2.52 bits per heavy atom. The van der Waals surface area contributed by atoms with Crippen LogP contribution in [-0.2, 0) is 17.8 Å². The molecule has 2 rings (SSSR count). The van der Waals surface area contributed by atoms with E-state index in [9.17, 15) is 14.9 Å². The number of aryl methyl sites for hydroxylation is 1. The van der Waals surface area contributed by atoms with Gasteiger partial charge in [-0.1, -0.05) is 25.1 Å². The number of nitrogens with one attached hydrogen (secondary N) is 2. The van der Waals surface area contributed by atoms with Crippen LogP contribution < -0.4 is 15.4 Å². The first-order chi connectivity index (χ1) is 12.0. The Morgan fingerprint density at radius 2 is 1.92 bits per heavy atom. The van der Waals surface area contributed by atoms with Crippen LogP contribution in [0.15, 0.2) is 42.5 Å². The second-order valence-corrected chi connectivity index (χ2v) is 5.43. The van der Waals surface area contributed by atoms with Gasteiger partial charge in [-0.3, -0.25) is 14.9 Å². The molecule has 0 unspecified atom stereocenters. The van der Waals surface area contributed by atoms with E-state index in [1.54, 1.807) is 19.2 Å². The predicted molar refractivity (Wildman–Crippen MR) is 95.8 cm³/mol. The van der Waals surface area contributed by atoms with Crippen molar-refractivity contribution in [3.05, 3.63) is 63.7 Å². The average Bonchev–Trinajstić information content (AvgIpc) is 2.64. The Bertz CT molecular complexity index is 744. The first kappa shape index (κ1) is 18.3. The predicted octanol–water partition coefficient (Wildman–Crippen LogP) is 2.89. The van der Waals surface area contributed by atoms with E-state index in [0.29, 0.717) is 24.2 Å². The van der Waals surface area contributed by atoms with Gasteiger partial charge in [0, 0.05) is 23.9 Å². The number of anilines is 1. The number of amides is 1. The molecule has 0 saturated carbocycles. The highest BCUT2D eigenvalue weighted by Crippen LogP contribution is 2.23. The van der Waals surface area contributed by atoms with Crippen LogP contribution in [0.3, 0.4) is 0 Å². The van der Waals surface area contributed by atoms with Crippen LogP contribution in [0.1, 0.15) is 18.1 Å². The topological polar surface area (TPSA) is 93.5 Å². The molecule has 0 atom stereocenters. The molecule has 25 heavy (non-hydrogen) atoms. The van der Waals surface area contributed by atoms with Crippen LogP contribution in [-0.4, -0.2) is 24.5 Å². The largest absolute Gasteiger partial charge is 0.497 e. The molecule has 7 nitrogen and oxygen atoms in total. The van der Waals surface area contributed by atoms with E-state index in [2.05, 4.69) is 10.6 Å². The van der Waals surface area contributed by atoms with Crippen molar-refractivity contribution in [1.82, 2.24) is 5.32 Å². The van der Waals surface area contributed by atoms with E-state index in [4.69, 9.17) is 4.74 Å². The number of ether oxygens (including phenoxy) is 1. The molecule has 0 aliphatic carbocycles. The zero-order valence-electron chi connectivity index (χ0n) is 14.2. The summed E-state index contributed by atoms with van der Waals surface area (Å²) in [5.74, 6) is 0.562. The first-order valence-electron chi connectivity index (χ1n) is 7.94. The van der Waals surface area contributed by atoms with Crippen molar-refractivity contribution in [1.29, 1.82) is 0 Å². The SMILES string of the molecule is CCc1ccc(NCC(=O)NCc2ccc(OC)cc2)cc1[N+](=O)[O-]. The van der Waals surface area contributed by atoms with Crippen molar-refractivity contribution >= 4 is 17.3 Å². The standard InChI is InChI=1S/C18H21N3O4/c1-3-14-6-7-15(10-17(14)21(23)24)19-12-18(22)20-11-13-4-8-16(25-2)9-5-13/h4-10,19H,3,11-12H2,1-2H3,(H,20,22). The summed E-state index contributed by atoms with van der Waals surface area (Å²) in [6.45, 7) is 2.31. The Kier molecular flexibility index (Phi) is 6.33. The van der Waals surface area contributed by atoms with Crippen molar-refractivity contribution in [3.63, 3.8) is 0 Å². The second kappa shape index (κ2) is 8.68. The van der Waals surface area contributed by atoms with E-state index in [-0.39, 0.29) is 18.1 Å². The zero-order chi connectivity index (χ0) is 18.2. The Hall–Kier alpha value is -3.09. The van der Waals surface area contributed by atoms with Crippen molar-refractivity contribution in [2.75, 3.05) is 19.0 Å². The molecular formula is C18H21N3O4. The summed E-state index contributed by atoms with van der Waals surface area (Å²) in [6, 6.07) is 12.3. The minimum atomic E-state index is -0.409. The van der Waals surface area contributed by atoms with Gasteiger partial charge in [0.1, 0.15) is 5.75 Å². The summed E-state index contributed by atoms with van der Waals surface area (Å²) < 4.78 is 5.08. The highest BCUT2D eigenvalue weighted by atomic mass is 16.6. The van der Waals surface area contributed by atoms with E-state index < -0.39 is 4.92 Å². The third-order valence-corrected chi connectivity index (χ3v) is 3.76. The molecule has 0 spiro atoms. The number of hydrogen-bond donors (Lipinski definition) is 2. The maximum atomic E-state index is 11.9. The lowest BCUT2D eigenvalue weighted by Gasteiger charge is -2.09. The average molecular weight is 343 g/mol. The normalized spacial score (nSPS) is 10.2. The fraction of sp³-hybridized carbons (Fsp3) is 0.278. The lowest BCUT2D eigenvalue weighted by atomic mass is 10.1. The first-order valence-corrected chi connectivity index (χ1v) is 7.94. The number of carbonyl (C=O) groups excluding carboxylic acids is 1. The molecule has 0 bridgehead atoms. The van der Waals surface area contributed by atoms with Gasteiger partial charge in [0.15, 0.2) is 0 Å². The van der Waals surface area contributed by atoms with Crippen LogP contribution in [0.2, 0.25) is 0 Å². The van der Waals surface area contributed by atoms with Crippen molar-refractivity contribution in [2.45, 2.75) is 19.9 Å². The summed E-state index contributed by atoms with van der Waals surface area (Å²) >= 11 is 0. The van der Waals surface area contributed by atoms with E-state index in [0.717, 1.165) is 11.3 Å². The Labute approximate surface area is 146 Å². The molecule has 2 aromatic carbocycles. The van der Waals surface area contributed by atoms with Crippen LogP contribution in [0, 0.1) is 10.1 Å². The smallest absolute Gasteiger partial charge is 0.274 e. The van der Waals surface area contributed by atoms with Gasteiger partial charge in [0.2, 0.25) is 5.91 Å². The van der Waals surface area contributed by atoms with Crippen molar-refractivity contribution < 1.29 is 14.5 Å². The molecule has 7 heteroatoms. The lowest BCUT2D eigenvalue weighted by Crippen LogP contribution is -2.29. The van der Waals surface area contributed by atoms with Crippen molar-refractivity contribution in [2.24, 2.45) is 0 Å². The molecule has 0 heterocycles. The zero-order valence-corrected chi connectivity index (χ0v) is 14.2. The number of carbonyl (C=O) groups is 1. The van der Waals surface area contributed by atoms with Crippen molar-refractivity contribution in [3.8, 4) is 5.75 Å². The molecule has 0 fully saturated rings. The fourth-order valence-corrected chi connectivity index (χ4v) is 2.33.